The van der Waals surface area contributed by atoms with Crippen molar-refractivity contribution in [3.63, 3.8) is 0 Å². The summed E-state index contributed by atoms with van der Waals surface area (Å²) in [5, 5.41) is 9.97. The average molecular weight is 494 g/mol. The minimum absolute atomic E-state index is 0.00862. The third-order valence-electron chi connectivity index (χ3n) is 6.87. The average Bonchev–Trinajstić information content (AvgIpc) is 3.28. The predicted octanol–water partition coefficient (Wildman–Crippen LogP) is 2.88. The second-order valence-electron chi connectivity index (χ2n) is 10.5. The number of carbonyl (C=O) groups is 1. The van der Waals surface area contributed by atoms with Gasteiger partial charge in [-0.05, 0) is 61.1 Å². The van der Waals surface area contributed by atoms with E-state index in [1.54, 1.807) is 17.0 Å². The highest BCUT2D eigenvalue weighted by Crippen LogP contribution is 2.35. The van der Waals surface area contributed by atoms with E-state index in [4.69, 9.17) is 5.14 Å². The maximum atomic E-state index is 13.6. The van der Waals surface area contributed by atoms with Crippen LogP contribution in [0.3, 0.4) is 0 Å². The van der Waals surface area contributed by atoms with E-state index in [-0.39, 0.29) is 28.8 Å². The molecule has 1 amide bonds. The largest absolute Gasteiger partial charge is 0.308 e. The summed E-state index contributed by atoms with van der Waals surface area (Å²) in [6, 6.07) is 14.8. The predicted molar refractivity (Wildman–Crippen MR) is 135 cm³/mol. The van der Waals surface area contributed by atoms with E-state index >= 15 is 0 Å². The quantitative estimate of drug-likeness (QED) is 0.602. The van der Waals surface area contributed by atoms with Crippen LogP contribution in [0.15, 0.2) is 59.6 Å². The molecule has 0 saturated carbocycles. The van der Waals surface area contributed by atoms with E-state index in [1.807, 2.05) is 36.0 Å². The van der Waals surface area contributed by atoms with Crippen molar-refractivity contribution in [1.29, 1.82) is 0 Å². The number of anilines is 1. The van der Waals surface area contributed by atoms with Gasteiger partial charge < -0.3 is 4.90 Å². The summed E-state index contributed by atoms with van der Waals surface area (Å²) in [4.78, 5) is 17.6. The van der Waals surface area contributed by atoms with Crippen LogP contribution in [0.1, 0.15) is 37.6 Å². The molecule has 0 fully saturated rings. The Hall–Kier alpha value is -3.01. The van der Waals surface area contributed by atoms with Crippen molar-refractivity contribution in [2.75, 3.05) is 18.0 Å². The maximum Gasteiger partial charge on any atom is 0.241 e. The molecule has 2 aliphatic heterocycles. The number of benzene rings is 2. The smallest absolute Gasteiger partial charge is 0.241 e. The van der Waals surface area contributed by atoms with Gasteiger partial charge in [-0.1, -0.05) is 32.0 Å². The molecule has 3 aromatic rings. The minimum atomic E-state index is -3.79. The molecule has 0 radical (unpaired) electrons. The maximum absolute atomic E-state index is 13.6. The number of hydrogen-bond acceptors (Lipinski definition) is 5. The van der Waals surface area contributed by atoms with Crippen LogP contribution < -0.4 is 10.0 Å². The third-order valence-corrected chi connectivity index (χ3v) is 7.78. The van der Waals surface area contributed by atoms with Crippen molar-refractivity contribution in [3.05, 3.63) is 71.5 Å². The second kappa shape index (κ2) is 8.58. The Morgan fingerprint density at radius 1 is 1.14 bits per heavy atom. The molecule has 9 heteroatoms. The number of nitrogens with two attached hydrogens (primary N) is 1. The zero-order valence-corrected chi connectivity index (χ0v) is 21.1. The monoisotopic (exact) mass is 493 g/mol. The first-order chi connectivity index (χ1) is 16.5. The Morgan fingerprint density at radius 3 is 2.60 bits per heavy atom. The van der Waals surface area contributed by atoms with E-state index in [0.29, 0.717) is 13.0 Å². The number of carbonyl (C=O) groups excluding carboxylic acids is 1. The molecule has 0 bridgehead atoms. The van der Waals surface area contributed by atoms with Crippen LogP contribution in [0.4, 0.5) is 5.69 Å². The zero-order chi connectivity index (χ0) is 25.0. The van der Waals surface area contributed by atoms with Crippen LogP contribution in [0, 0.1) is 5.41 Å². The normalized spacial score (nSPS) is 19.8. The van der Waals surface area contributed by atoms with Gasteiger partial charge in [-0.2, -0.15) is 5.10 Å². The summed E-state index contributed by atoms with van der Waals surface area (Å²) in [7, 11) is -3.79. The number of rotatable bonds is 4. The molecular weight excluding hydrogens is 462 g/mol. The van der Waals surface area contributed by atoms with Crippen LogP contribution in [0.2, 0.25) is 0 Å². The summed E-state index contributed by atoms with van der Waals surface area (Å²) >= 11 is 0. The molecule has 0 saturated heterocycles. The van der Waals surface area contributed by atoms with Crippen molar-refractivity contribution in [1.82, 2.24) is 14.7 Å². The van der Waals surface area contributed by atoms with Gasteiger partial charge >= 0.3 is 0 Å². The number of fused-ring (bicyclic) bond motifs is 2. The Bertz CT molecular complexity index is 1380. The van der Waals surface area contributed by atoms with Gasteiger partial charge in [0.2, 0.25) is 15.9 Å². The fourth-order valence-electron chi connectivity index (χ4n) is 5.47. The molecule has 1 atom stereocenters. The number of nitrogens with zero attached hydrogens (tertiary/aromatic N) is 4. The van der Waals surface area contributed by atoms with Gasteiger partial charge in [0.25, 0.3) is 0 Å². The van der Waals surface area contributed by atoms with Crippen LogP contribution >= 0.6 is 0 Å². The number of para-hydroxylation sites is 1. The minimum Gasteiger partial charge on any atom is -0.308 e. The second-order valence-corrected chi connectivity index (χ2v) is 12.1. The highest BCUT2D eigenvalue weighted by atomic mass is 32.2. The summed E-state index contributed by atoms with van der Waals surface area (Å²) in [5.74, 6) is 0.00862. The summed E-state index contributed by atoms with van der Waals surface area (Å²) in [6.07, 6.45) is 3.38. The van der Waals surface area contributed by atoms with Crippen molar-refractivity contribution < 1.29 is 13.2 Å². The zero-order valence-electron chi connectivity index (χ0n) is 20.3. The Balaban J connectivity index is 1.39. The van der Waals surface area contributed by atoms with E-state index in [9.17, 15) is 13.2 Å². The van der Waals surface area contributed by atoms with E-state index in [0.717, 1.165) is 35.5 Å². The van der Waals surface area contributed by atoms with Gasteiger partial charge in [-0.15, -0.1) is 0 Å². The molecule has 184 valence electrons. The molecule has 1 aromatic heterocycles. The lowest BCUT2D eigenvalue weighted by Crippen LogP contribution is -2.44. The van der Waals surface area contributed by atoms with Crippen LogP contribution in [-0.2, 0) is 34.2 Å². The number of aromatic nitrogens is 2. The SMILES string of the molecule is CC1Cc2cc(S(N)(=O)=O)ccc2N1C(=O)CN1Cc2cnn(-c3ccccc3)c2CC(C)(C)C1. The fourth-order valence-corrected chi connectivity index (χ4v) is 6.04. The molecule has 0 spiro atoms. The highest BCUT2D eigenvalue weighted by molar-refractivity contribution is 7.89. The number of amides is 1. The van der Waals surface area contributed by atoms with Gasteiger partial charge in [0.15, 0.2) is 0 Å². The van der Waals surface area contributed by atoms with E-state index in [1.165, 1.54) is 11.8 Å². The summed E-state index contributed by atoms with van der Waals surface area (Å²) in [5.41, 5.74) is 4.92. The Kier molecular flexibility index (Phi) is 5.82. The third kappa shape index (κ3) is 4.63. The number of sulfonamides is 1. The molecule has 2 aliphatic rings. The van der Waals surface area contributed by atoms with Gasteiger partial charge in [0, 0.05) is 36.1 Å². The van der Waals surface area contributed by atoms with Crippen molar-refractivity contribution >= 4 is 21.6 Å². The molecule has 8 nitrogen and oxygen atoms in total. The topological polar surface area (TPSA) is 102 Å². The first-order valence-corrected chi connectivity index (χ1v) is 13.4. The van der Waals surface area contributed by atoms with E-state index < -0.39 is 10.0 Å². The standard InChI is InChI=1S/C26H31N5O3S/c1-18-11-19-12-22(35(27,33)34)9-10-23(19)30(18)25(32)16-29-15-20-14-28-31(21-7-5-4-6-8-21)24(20)13-26(2,3)17-29/h4-10,12,14,18H,11,13,15-17H2,1-3H3,(H2,27,33,34). The lowest BCUT2D eigenvalue weighted by atomic mass is 9.87. The first kappa shape index (κ1) is 23.7. The lowest BCUT2D eigenvalue weighted by Gasteiger charge is -2.31. The fraction of sp³-hybridized carbons (Fsp3) is 0.385. The lowest BCUT2D eigenvalue weighted by molar-refractivity contribution is -0.120. The summed E-state index contributed by atoms with van der Waals surface area (Å²) in [6.45, 7) is 8.15. The van der Waals surface area contributed by atoms with E-state index in [2.05, 4.69) is 36.0 Å². The Morgan fingerprint density at radius 2 is 1.89 bits per heavy atom. The van der Waals surface area contributed by atoms with Gasteiger partial charge in [0.05, 0.1) is 23.3 Å². The number of primary sulfonamides is 1. The van der Waals surface area contributed by atoms with Crippen molar-refractivity contribution in [2.24, 2.45) is 10.6 Å². The number of hydrogen-bond donors (Lipinski definition) is 1. The molecule has 1 unspecified atom stereocenters. The van der Waals surface area contributed by atoms with Gasteiger partial charge in [-0.3, -0.25) is 9.69 Å². The highest BCUT2D eigenvalue weighted by Gasteiger charge is 2.35. The molecule has 5 rings (SSSR count). The van der Waals surface area contributed by atoms with Crippen molar-refractivity contribution in [3.8, 4) is 5.69 Å². The molecule has 35 heavy (non-hydrogen) atoms. The van der Waals surface area contributed by atoms with Gasteiger partial charge in [0.1, 0.15) is 0 Å². The Labute approximate surface area is 206 Å². The molecule has 2 N–H and O–H groups in total. The molecule has 2 aromatic carbocycles. The first-order valence-electron chi connectivity index (χ1n) is 11.8. The molecule has 3 heterocycles. The van der Waals surface area contributed by atoms with Crippen LogP contribution in [0.25, 0.3) is 5.69 Å². The van der Waals surface area contributed by atoms with Gasteiger partial charge in [-0.25, -0.2) is 18.2 Å². The molecule has 0 aliphatic carbocycles. The van der Waals surface area contributed by atoms with Crippen LogP contribution in [0.5, 0.6) is 0 Å². The van der Waals surface area contributed by atoms with Crippen molar-refractivity contribution in [2.45, 2.75) is 51.1 Å². The summed E-state index contributed by atoms with van der Waals surface area (Å²) < 4.78 is 25.5. The van der Waals surface area contributed by atoms with Crippen LogP contribution in [-0.4, -0.2) is 48.1 Å². The molecular formula is C26H31N5O3S.